The Morgan fingerprint density at radius 1 is 1.08 bits per heavy atom. The van der Waals surface area contributed by atoms with Crippen LogP contribution in [0.2, 0.25) is 0 Å². The summed E-state index contributed by atoms with van der Waals surface area (Å²) in [4.78, 5) is 32.0. The van der Waals surface area contributed by atoms with Crippen LogP contribution in [-0.4, -0.2) is 53.0 Å². The molecule has 132 valence electrons. The van der Waals surface area contributed by atoms with Gasteiger partial charge >= 0.3 is 5.97 Å². The highest BCUT2D eigenvalue weighted by molar-refractivity contribution is 5.81. The van der Waals surface area contributed by atoms with Crippen molar-refractivity contribution >= 4 is 29.0 Å². The van der Waals surface area contributed by atoms with Crippen molar-refractivity contribution in [3.05, 3.63) is 24.3 Å². The van der Waals surface area contributed by atoms with E-state index >= 15 is 0 Å². The van der Waals surface area contributed by atoms with E-state index in [0.717, 1.165) is 37.0 Å². The van der Waals surface area contributed by atoms with Crippen molar-refractivity contribution in [1.29, 1.82) is 0 Å². The maximum Gasteiger partial charge on any atom is 0.308 e. The molecule has 1 aromatic carbocycles. The first kappa shape index (κ1) is 15.9. The molecule has 2 saturated heterocycles. The van der Waals surface area contributed by atoms with E-state index in [1.807, 2.05) is 24.3 Å². The molecule has 2 fully saturated rings. The van der Waals surface area contributed by atoms with Gasteiger partial charge in [-0.1, -0.05) is 12.1 Å². The maximum absolute atomic E-state index is 12.6. The minimum atomic E-state index is -0.805. The van der Waals surface area contributed by atoms with Crippen LogP contribution < -0.4 is 4.90 Å². The van der Waals surface area contributed by atoms with Crippen molar-refractivity contribution in [2.45, 2.75) is 19.3 Å². The number of rotatable bonds is 3. The number of hydrogen-bond acceptors (Lipinski definition) is 5. The number of amides is 1. The molecule has 0 saturated carbocycles. The molecule has 1 aromatic heterocycles. The van der Waals surface area contributed by atoms with Gasteiger partial charge in [-0.3, -0.25) is 9.59 Å². The average molecular weight is 343 g/mol. The van der Waals surface area contributed by atoms with Crippen LogP contribution in [0.15, 0.2) is 28.7 Å². The number of piperidine rings is 1. The highest BCUT2D eigenvalue weighted by Gasteiger charge is 2.35. The SMILES string of the molecule is O=C(O)C1CCN(C(=O)C2CCN(c3nc4ccccc4o3)CC2)C1. The second-order valence-electron chi connectivity index (χ2n) is 6.83. The zero-order valence-corrected chi connectivity index (χ0v) is 13.9. The summed E-state index contributed by atoms with van der Waals surface area (Å²) in [7, 11) is 0. The number of anilines is 1. The Balaban J connectivity index is 1.36. The Morgan fingerprint density at radius 3 is 2.48 bits per heavy atom. The number of hydrogen-bond donors (Lipinski definition) is 1. The number of carboxylic acid groups (broad SMARTS) is 1. The van der Waals surface area contributed by atoms with Gasteiger partial charge in [0.1, 0.15) is 5.52 Å². The molecular weight excluding hydrogens is 322 g/mol. The topological polar surface area (TPSA) is 86.9 Å². The quantitative estimate of drug-likeness (QED) is 0.917. The summed E-state index contributed by atoms with van der Waals surface area (Å²) >= 11 is 0. The molecule has 1 unspecified atom stereocenters. The predicted octanol–water partition coefficient (Wildman–Crippen LogP) is 1.98. The first-order valence-corrected chi connectivity index (χ1v) is 8.74. The lowest BCUT2D eigenvalue weighted by Crippen LogP contribution is -2.42. The molecule has 1 amide bonds. The van der Waals surface area contributed by atoms with Crippen molar-refractivity contribution in [1.82, 2.24) is 9.88 Å². The van der Waals surface area contributed by atoms with E-state index in [-0.39, 0.29) is 11.8 Å². The molecule has 7 heteroatoms. The van der Waals surface area contributed by atoms with Crippen LogP contribution >= 0.6 is 0 Å². The van der Waals surface area contributed by atoms with Crippen LogP contribution in [0, 0.1) is 11.8 Å². The Labute approximate surface area is 145 Å². The van der Waals surface area contributed by atoms with Gasteiger partial charge in [0.2, 0.25) is 5.91 Å². The first-order chi connectivity index (χ1) is 12.1. The number of oxazole rings is 1. The van der Waals surface area contributed by atoms with Crippen LogP contribution in [0.3, 0.4) is 0 Å². The van der Waals surface area contributed by atoms with Gasteiger partial charge in [0, 0.05) is 32.1 Å². The number of fused-ring (bicyclic) bond motifs is 1. The molecule has 25 heavy (non-hydrogen) atoms. The number of nitrogens with zero attached hydrogens (tertiary/aromatic N) is 3. The van der Waals surface area contributed by atoms with Gasteiger partial charge in [-0.15, -0.1) is 0 Å². The summed E-state index contributed by atoms with van der Waals surface area (Å²) in [5.41, 5.74) is 1.61. The van der Waals surface area contributed by atoms with Gasteiger partial charge in [-0.2, -0.15) is 4.98 Å². The highest BCUT2D eigenvalue weighted by atomic mass is 16.4. The summed E-state index contributed by atoms with van der Waals surface area (Å²) in [6.07, 6.45) is 2.04. The third-order valence-corrected chi connectivity index (χ3v) is 5.25. The van der Waals surface area contributed by atoms with E-state index in [4.69, 9.17) is 9.52 Å². The predicted molar refractivity (Wildman–Crippen MR) is 91.3 cm³/mol. The largest absolute Gasteiger partial charge is 0.481 e. The number of para-hydroxylation sites is 2. The van der Waals surface area contributed by atoms with Crippen LogP contribution in [0.25, 0.3) is 11.1 Å². The maximum atomic E-state index is 12.6. The minimum Gasteiger partial charge on any atom is -0.481 e. The molecule has 0 aliphatic carbocycles. The molecule has 1 N–H and O–H groups in total. The fourth-order valence-corrected chi connectivity index (χ4v) is 3.73. The van der Waals surface area contributed by atoms with Crippen molar-refractivity contribution in [2.24, 2.45) is 11.8 Å². The van der Waals surface area contributed by atoms with Crippen LogP contribution in [-0.2, 0) is 9.59 Å². The second kappa shape index (κ2) is 6.38. The van der Waals surface area contributed by atoms with E-state index in [0.29, 0.717) is 25.5 Å². The van der Waals surface area contributed by atoms with Gasteiger partial charge in [-0.25, -0.2) is 0 Å². The molecule has 0 spiro atoms. The number of carbonyl (C=O) groups excluding carboxylic acids is 1. The fraction of sp³-hybridized carbons (Fsp3) is 0.500. The van der Waals surface area contributed by atoms with Crippen LogP contribution in [0.5, 0.6) is 0 Å². The van der Waals surface area contributed by atoms with E-state index in [9.17, 15) is 9.59 Å². The molecule has 2 aromatic rings. The van der Waals surface area contributed by atoms with E-state index in [1.165, 1.54) is 0 Å². The molecule has 0 bridgehead atoms. The van der Waals surface area contributed by atoms with E-state index in [1.54, 1.807) is 4.90 Å². The molecule has 1 atom stereocenters. The van der Waals surface area contributed by atoms with Crippen LogP contribution in [0.1, 0.15) is 19.3 Å². The van der Waals surface area contributed by atoms with E-state index in [2.05, 4.69) is 9.88 Å². The van der Waals surface area contributed by atoms with E-state index < -0.39 is 11.9 Å². The zero-order valence-electron chi connectivity index (χ0n) is 13.9. The number of likely N-dealkylation sites (tertiary alicyclic amines) is 1. The average Bonchev–Trinajstić information content (AvgIpc) is 3.28. The third-order valence-electron chi connectivity index (χ3n) is 5.25. The molecule has 7 nitrogen and oxygen atoms in total. The normalized spacial score (nSPS) is 21.8. The number of aromatic nitrogens is 1. The minimum absolute atomic E-state index is 0.0341. The molecule has 2 aliphatic rings. The number of benzene rings is 1. The summed E-state index contributed by atoms with van der Waals surface area (Å²) < 4.78 is 5.80. The Morgan fingerprint density at radius 2 is 1.80 bits per heavy atom. The van der Waals surface area contributed by atoms with Gasteiger partial charge in [-0.05, 0) is 31.4 Å². The number of aliphatic carboxylic acids is 1. The lowest BCUT2D eigenvalue weighted by atomic mass is 9.95. The summed E-state index contributed by atoms with van der Waals surface area (Å²) in [5, 5.41) is 9.08. The van der Waals surface area contributed by atoms with Crippen LogP contribution in [0.4, 0.5) is 6.01 Å². The van der Waals surface area contributed by atoms with Crippen molar-refractivity contribution in [2.75, 3.05) is 31.1 Å². The second-order valence-corrected chi connectivity index (χ2v) is 6.83. The van der Waals surface area contributed by atoms with Gasteiger partial charge in [0.25, 0.3) is 6.01 Å². The summed E-state index contributed by atoms with van der Waals surface area (Å²) in [6, 6.07) is 8.28. The van der Waals surface area contributed by atoms with Gasteiger partial charge in [0.05, 0.1) is 5.92 Å². The lowest BCUT2D eigenvalue weighted by molar-refractivity contribution is -0.141. The summed E-state index contributed by atoms with van der Waals surface area (Å²) in [6.45, 7) is 2.35. The molecule has 3 heterocycles. The fourth-order valence-electron chi connectivity index (χ4n) is 3.73. The van der Waals surface area contributed by atoms with Crippen molar-refractivity contribution in [3.8, 4) is 0 Å². The smallest absolute Gasteiger partial charge is 0.308 e. The highest BCUT2D eigenvalue weighted by Crippen LogP contribution is 2.28. The molecule has 2 aliphatic heterocycles. The van der Waals surface area contributed by atoms with Crippen molar-refractivity contribution < 1.29 is 19.1 Å². The van der Waals surface area contributed by atoms with Gasteiger partial charge < -0.3 is 19.3 Å². The first-order valence-electron chi connectivity index (χ1n) is 8.74. The molecule has 0 radical (unpaired) electrons. The lowest BCUT2D eigenvalue weighted by Gasteiger charge is -2.32. The monoisotopic (exact) mass is 343 g/mol. The third kappa shape index (κ3) is 3.06. The van der Waals surface area contributed by atoms with Crippen molar-refractivity contribution in [3.63, 3.8) is 0 Å². The standard InChI is InChI=1S/C18H21N3O4/c22-16(21-10-7-13(11-21)17(23)24)12-5-8-20(9-6-12)18-19-14-3-1-2-4-15(14)25-18/h1-4,12-13H,5-11H2,(H,23,24). The number of carbonyl (C=O) groups is 2. The molecular formula is C18H21N3O4. The Bertz CT molecular complexity index is 761. The Hall–Kier alpha value is -2.57. The summed E-state index contributed by atoms with van der Waals surface area (Å²) in [5.74, 6) is -1.15. The Kier molecular flexibility index (Phi) is 4.07. The molecule has 4 rings (SSSR count). The zero-order chi connectivity index (χ0) is 17.4. The van der Waals surface area contributed by atoms with Gasteiger partial charge in [0.15, 0.2) is 5.58 Å². The number of carboxylic acids is 1.